The highest BCUT2D eigenvalue weighted by atomic mass is 35.5. The van der Waals surface area contributed by atoms with Gasteiger partial charge in [0.15, 0.2) is 5.01 Å². The molecule has 2 aromatic heterocycles. The molecule has 13 heavy (non-hydrogen) atoms. The van der Waals surface area contributed by atoms with Crippen molar-refractivity contribution in [2.24, 2.45) is 0 Å². The molecular formula is C7H7ClN4S. The van der Waals surface area contributed by atoms with Gasteiger partial charge in [-0.1, -0.05) is 22.9 Å². The van der Waals surface area contributed by atoms with E-state index in [1.807, 2.05) is 13.1 Å². The second-order valence-corrected chi connectivity index (χ2v) is 3.81. The van der Waals surface area contributed by atoms with E-state index in [-0.39, 0.29) is 0 Å². The number of H-pyrrole nitrogens is 1. The molecule has 0 unspecified atom stereocenters. The molecule has 0 aliphatic heterocycles. The van der Waals surface area contributed by atoms with Crippen molar-refractivity contribution in [2.75, 3.05) is 12.4 Å². The van der Waals surface area contributed by atoms with Gasteiger partial charge in [-0.05, 0) is 6.07 Å². The molecule has 0 amide bonds. The van der Waals surface area contributed by atoms with Crippen molar-refractivity contribution in [2.45, 2.75) is 0 Å². The van der Waals surface area contributed by atoms with Crippen LogP contribution in [0.2, 0.25) is 5.02 Å². The molecule has 0 aliphatic carbocycles. The molecule has 0 spiro atoms. The summed E-state index contributed by atoms with van der Waals surface area (Å²) < 4.78 is 0. The molecule has 0 saturated carbocycles. The number of aromatic nitrogens is 3. The first-order valence-corrected chi connectivity index (χ1v) is 4.84. The van der Waals surface area contributed by atoms with Crippen LogP contribution in [-0.2, 0) is 0 Å². The third-order valence-electron chi connectivity index (χ3n) is 1.52. The van der Waals surface area contributed by atoms with Crippen molar-refractivity contribution >= 4 is 28.1 Å². The Hall–Kier alpha value is -1.07. The van der Waals surface area contributed by atoms with Gasteiger partial charge in [0, 0.05) is 13.2 Å². The molecule has 0 fully saturated rings. The second-order valence-electron chi connectivity index (χ2n) is 2.39. The number of anilines is 1. The topological polar surface area (TPSA) is 53.6 Å². The summed E-state index contributed by atoms with van der Waals surface area (Å²) in [4.78, 5) is 3.01. The van der Waals surface area contributed by atoms with Crippen molar-refractivity contribution in [1.29, 1.82) is 0 Å². The van der Waals surface area contributed by atoms with Crippen molar-refractivity contribution in [3.8, 4) is 10.7 Å². The third kappa shape index (κ3) is 1.66. The molecule has 0 saturated heterocycles. The predicted molar refractivity (Wildman–Crippen MR) is 54.3 cm³/mol. The first-order valence-electron chi connectivity index (χ1n) is 3.65. The largest absolute Gasteiger partial charge is 0.363 e. The SMILES string of the molecule is CNc1nnc(-c2cc(Cl)c[nH]2)s1. The summed E-state index contributed by atoms with van der Waals surface area (Å²) in [5, 5.41) is 13.1. The molecule has 68 valence electrons. The Morgan fingerprint density at radius 2 is 2.38 bits per heavy atom. The highest BCUT2D eigenvalue weighted by molar-refractivity contribution is 7.18. The average molecular weight is 215 g/mol. The molecule has 2 rings (SSSR count). The van der Waals surface area contributed by atoms with Gasteiger partial charge in [0.25, 0.3) is 0 Å². The number of aromatic amines is 1. The number of nitrogens with one attached hydrogen (secondary N) is 2. The monoisotopic (exact) mass is 214 g/mol. The highest BCUT2D eigenvalue weighted by Gasteiger charge is 2.06. The molecule has 2 heterocycles. The molecule has 2 aromatic rings. The molecule has 0 radical (unpaired) electrons. The molecule has 0 bridgehead atoms. The van der Waals surface area contributed by atoms with Crippen LogP contribution in [0.3, 0.4) is 0 Å². The third-order valence-corrected chi connectivity index (χ3v) is 2.71. The fraction of sp³-hybridized carbons (Fsp3) is 0.143. The summed E-state index contributed by atoms with van der Waals surface area (Å²) in [6.07, 6.45) is 1.72. The van der Waals surface area contributed by atoms with E-state index in [1.54, 1.807) is 6.20 Å². The van der Waals surface area contributed by atoms with Crippen molar-refractivity contribution < 1.29 is 0 Å². The fourth-order valence-electron chi connectivity index (χ4n) is 0.924. The van der Waals surface area contributed by atoms with Crippen LogP contribution < -0.4 is 5.32 Å². The van der Waals surface area contributed by atoms with Crippen LogP contribution in [-0.4, -0.2) is 22.2 Å². The van der Waals surface area contributed by atoms with Crippen molar-refractivity contribution in [3.05, 3.63) is 17.3 Å². The number of hydrogen-bond donors (Lipinski definition) is 2. The van der Waals surface area contributed by atoms with Gasteiger partial charge >= 0.3 is 0 Å². The minimum absolute atomic E-state index is 0.677. The summed E-state index contributed by atoms with van der Waals surface area (Å²) >= 11 is 7.24. The first-order chi connectivity index (χ1) is 6.29. The number of nitrogens with zero attached hydrogens (tertiary/aromatic N) is 2. The van der Waals surface area contributed by atoms with Crippen LogP contribution in [0.1, 0.15) is 0 Å². The van der Waals surface area contributed by atoms with E-state index < -0.39 is 0 Å². The number of rotatable bonds is 2. The molecule has 0 aliphatic rings. The molecule has 2 N–H and O–H groups in total. The Kier molecular flexibility index (Phi) is 2.20. The van der Waals surface area contributed by atoms with Crippen LogP contribution in [0, 0.1) is 0 Å². The van der Waals surface area contributed by atoms with E-state index in [2.05, 4.69) is 20.5 Å². The van der Waals surface area contributed by atoms with Crippen LogP contribution in [0.5, 0.6) is 0 Å². The van der Waals surface area contributed by atoms with Gasteiger partial charge in [0.1, 0.15) is 0 Å². The first kappa shape index (κ1) is 8.52. The van der Waals surface area contributed by atoms with Gasteiger partial charge < -0.3 is 10.3 Å². The Balaban J connectivity index is 2.35. The Morgan fingerprint density at radius 1 is 1.54 bits per heavy atom. The summed E-state index contributed by atoms with van der Waals surface area (Å²) in [5.74, 6) is 0. The van der Waals surface area contributed by atoms with E-state index >= 15 is 0 Å². The van der Waals surface area contributed by atoms with Crippen LogP contribution in [0.25, 0.3) is 10.7 Å². The summed E-state index contributed by atoms with van der Waals surface area (Å²) in [5.41, 5.74) is 0.893. The fourth-order valence-corrected chi connectivity index (χ4v) is 1.76. The van der Waals surface area contributed by atoms with Gasteiger partial charge in [0.05, 0.1) is 10.7 Å². The minimum atomic E-state index is 0.677. The van der Waals surface area contributed by atoms with Gasteiger partial charge in [-0.2, -0.15) is 0 Å². The molecule has 6 heteroatoms. The zero-order valence-electron chi connectivity index (χ0n) is 6.84. The summed E-state index contributed by atoms with van der Waals surface area (Å²) in [6, 6.07) is 1.82. The molecular weight excluding hydrogens is 208 g/mol. The van der Waals surface area contributed by atoms with Crippen LogP contribution in [0.15, 0.2) is 12.3 Å². The lowest BCUT2D eigenvalue weighted by Crippen LogP contribution is -1.84. The normalized spacial score (nSPS) is 10.3. The van der Waals surface area contributed by atoms with Crippen molar-refractivity contribution in [3.63, 3.8) is 0 Å². The summed E-state index contributed by atoms with van der Waals surface area (Å²) in [7, 11) is 1.81. The van der Waals surface area contributed by atoms with Gasteiger partial charge in [-0.3, -0.25) is 0 Å². The Morgan fingerprint density at radius 3 is 2.92 bits per heavy atom. The lowest BCUT2D eigenvalue weighted by molar-refractivity contribution is 1.09. The van der Waals surface area contributed by atoms with E-state index in [1.165, 1.54) is 11.3 Å². The average Bonchev–Trinajstić information content (AvgIpc) is 2.71. The predicted octanol–water partition coefficient (Wildman–Crippen LogP) is 2.23. The second kappa shape index (κ2) is 3.35. The zero-order chi connectivity index (χ0) is 9.26. The van der Waals surface area contributed by atoms with Crippen molar-refractivity contribution in [1.82, 2.24) is 15.2 Å². The Bertz CT molecular complexity index is 408. The smallest absolute Gasteiger partial charge is 0.205 e. The Labute approximate surface area is 84.0 Å². The standard InChI is InChI=1S/C7H7ClN4S/c1-9-7-12-11-6(13-7)5-2-4(8)3-10-5/h2-3,10H,1H3,(H,9,12). The van der Waals surface area contributed by atoms with E-state index in [4.69, 9.17) is 11.6 Å². The maximum Gasteiger partial charge on any atom is 0.205 e. The maximum atomic E-state index is 5.76. The molecule has 0 aromatic carbocycles. The quantitative estimate of drug-likeness (QED) is 0.806. The number of halogens is 1. The van der Waals surface area contributed by atoms with Gasteiger partial charge in [-0.15, -0.1) is 10.2 Å². The lowest BCUT2D eigenvalue weighted by atomic mass is 10.5. The summed E-state index contributed by atoms with van der Waals surface area (Å²) in [6.45, 7) is 0. The van der Waals surface area contributed by atoms with E-state index in [0.29, 0.717) is 5.02 Å². The molecule has 0 atom stereocenters. The van der Waals surface area contributed by atoms with Crippen LogP contribution in [0.4, 0.5) is 5.13 Å². The van der Waals surface area contributed by atoms with Gasteiger partial charge in [-0.25, -0.2) is 0 Å². The van der Waals surface area contributed by atoms with E-state index in [9.17, 15) is 0 Å². The maximum absolute atomic E-state index is 5.76. The highest BCUT2D eigenvalue weighted by Crippen LogP contribution is 2.26. The molecule has 4 nitrogen and oxygen atoms in total. The lowest BCUT2D eigenvalue weighted by Gasteiger charge is -1.86. The zero-order valence-corrected chi connectivity index (χ0v) is 8.41. The number of hydrogen-bond acceptors (Lipinski definition) is 4. The van der Waals surface area contributed by atoms with E-state index in [0.717, 1.165) is 15.8 Å². The van der Waals surface area contributed by atoms with Crippen LogP contribution >= 0.6 is 22.9 Å². The minimum Gasteiger partial charge on any atom is -0.363 e. The van der Waals surface area contributed by atoms with Gasteiger partial charge in [0.2, 0.25) is 5.13 Å².